The molecule has 5 rings (SSSR count). The third-order valence-corrected chi connectivity index (χ3v) is 7.71. The molecule has 1 fully saturated rings. The molecule has 172 valence electrons. The lowest BCUT2D eigenvalue weighted by molar-refractivity contribution is -0.120. The van der Waals surface area contributed by atoms with Crippen molar-refractivity contribution >= 4 is 15.8 Å². The molecule has 0 amide bonds. The van der Waals surface area contributed by atoms with Gasteiger partial charge < -0.3 is 9.47 Å². The van der Waals surface area contributed by atoms with Crippen LogP contribution in [0.2, 0.25) is 0 Å². The van der Waals surface area contributed by atoms with Crippen LogP contribution in [0, 0.1) is 13.8 Å². The number of aromatic nitrogens is 1. The number of ether oxygens (including phenoxy) is 2. The smallest absolute Gasteiger partial charge is 0.238 e. The van der Waals surface area contributed by atoms with Gasteiger partial charge in [0.25, 0.3) is 0 Å². The Morgan fingerprint density at radius 2 is 1.76 bits per heavy atom. The zero-order valence-corrected chi connectivity index (χ0v) is 19.2. The SMILES string of the molecule is Cc1c(-c2ccc(S(N)(=O)=O)cc2)cnc(CC(=O)C2(c3ccc4c(c3)OCO4)CC2)c1C.[HH]. The molecule has 3 aromatic rings. The summed E-state index contributed by atoms with van der Waals surface area (Å²) in [5.41, 5.74) is 4.94. The number of carbonyl (C=O) groups is 1. The molecule has 0 unspecified atom stereocenters. The number of hydrogen-bond donors (Lipinski definition) is 1. The fourth-order valence-electron chi connectivity index (χ4n) is 4.42. The molecule has 0 radical (unpaired) electrons. The minimum atomic E-state index is -3.74. The number of sulfonamides is 1. The maximum absolute atomic E-state index is 13.4. The highest BCUT2D eigenvalue weighted by Gasteiger charge is 2.51. The molecule has 33 heavy (non-hydrogen) atoms. The zero-order valence-electron chi connectivity index (χ0n) is 18.4. The Bertz CT molecular complexity index is 1380. The quantitative estimate of drug-likeness (QED) is 0.591. The standard InChI is InChI=1S/C25H24N2O5S.H2/c1-15-16(2)21(27-13-20(15)17-3-6-19(7-4-17)33(26,29)30)12-24(28)25(9-10-25)18-5-8-22-23(11-18)32-14-31-22;/h3-8,11,13H,9-10,12,14H2,1-2H3,(H2,26,29,30);1H. The van der Waals surface area contributed by atoms with E-state index in [9.17, 15) is 13.2 Å². The number of nitrogens with two attached hydrogens (primary N) is 1. The van der Waals surface area contributed by atoms with Gasteiger partial charge in [0.1, 0.15) is 5.78 Å². The molecule has 7 nitrogen and oxygen atoms in total. The lowest BCUT2D eigenvalue weighted by Crippen LogP contribution is -2.23. The molecule has 0 saturated heterocycles. The van der Waals surface area contributed by atoms with Crippen molar-refractivity contribution in [2.75, 3.05) is 6.79 Å². The minimum Gasteiger partial charge on any atom is -0.454 e. The first-order valence-corrected chi connectivity index (χ1v) is 12.3. The molecule has 1 aliphatic carbocycles. The van der Waals surface area contributed by atoms with Crippen molar-refractivity contribution in [1.82, 2.24) is 4.98 Å². The maximum Gasteiger partial charge on any atom is 0.238 e. The van der Waals surface area contributed by atoms with Crippen molar-refractivity contribution in [2.45, 2.75) is 43.4 Å². The van der Waals surface area contributed by atoms with E-state index in [1.165, 1.54) is 12.1 Å². The van der Waals surface area contributed by atoms with E-state index in [1.807, 2.05) is 32.0 Å². The van der Waals surface area contributed by atoms with Crippen LogP contribution < -0.4 is 14.6 Å². The first-order chi connectivity index (χ1) is 15.7. The van der Waals surface area contributed by atoms with Gasteiger partial charge in [0.2, 0.25) is 16.8 Å². The van der Waals surface area contributed by atoms with Gasteiger partial charge in [-0.1, -0.05) is 18.2 Å². The number of ketones is 1. The van der Waals surface area contributed by atoms with Crippen LogP contribution in [0.15, 0.2) is 53.6 Å². The summed E-state index contributed by atoms with van der Waals surface area (Å²) < 4.78 is 33.9. The van der Waals surface area contributed by atoms with Crippen molar-refractivity contribution in [1.29, 1.82) is 0 Å². The largest absolute Gasteiger partial charge is 0.454 e. The van der Waals surface area contributed by atoms with Crippen LogP contribution in [0.4, 0.5) is 0 Å². The molecule has 8 heteroatoms. The van der Waals surface area contributed by atoms with Gasteiger partial charge in [-0.25, -0.2) is 13.6 Å². The number of carbonyl (C=O) groups excluding carboxylic acids is 1. The third-order valence-electron chi connectivity index (χ3n) is 6.78. The molecule has 2 heterocycles. The van der Waals surface area contributed by atoms with E-state index in [0.29, 0.717) is 11.5 Å². The lowest BCUT2D eigenvalue weighted by atomic mass is 9.87. The number of pyridine rings is 1. The molecular weight excluding hydrogens is 440 g/mol. The highest BCUT2D eigenvalue weighted by molar-refractivity contribution is 7.89. The summed E-state index contributed by atoms with van der Waals surface area (Å²) in [5.74, 6) is 1.55. The van der Waals surface area contributed by atoms with E-state index in [0.717, 1.165) is 46.4 Å². The number of benzene rings is 2. The van der Waals surface area contributed by atoms with Crippen molar-refractivity contribution in [2.24, 2.45) is 5.14 Å². The molecule has 0 spiro atoms. The van der Waals surface area contributed by atoms with Gasteiger partial charge in [-0.2, -0.15) is 0 Å². The number of nitrogens with zero attached hydrogens (tertiary/aromatic N) is 1. The molecular formula is C25H26N2O5S. The van der Waals surface area contributed by atoms with E-state index >= 15 is 0 Å². The summed E-state index contributed by atoms with van der Waals surface area (Å²) >= 11 is 0. The highest BCUT2D eigenvalue weighted by Crippen LogP contribution is 2.51. The van der Waals surface area contributed by atoms with Gasteiger partial charge in [0, 0.05) is 19.6 Å². The van der Waals surface area contributed by atoms with Crippen LogP contribution in [-0.4, -0.2) is 26.0 Å². The second kappa shape index (κ2) is 7.67. The molecule has 1 aromatic heterocycles. The highest BCUT2D eigenvalue weighted by atomic mass is 32.2. The van der Waals surface area contributed by atoms with E-state index < -0.39 is 15.4 Å². The first kappa shape index (κ1) is 21.6. The Morgan fingerprint density at radius 3 is 2.42 bits per heavy atom. The van der Waals surface area contributed by atoms with Gasteiger partial charge in [0.15, 0.2) is 11.5 Å². The van der Waals surface area contributed by atoms with E-state index in [1.54, 1.807) is 18.3 Å². The van der Waals surface area contributed by atoms with Crippen molar-refractivity contribution in [3.8, 4) is 22.6 Å². The Balaban J connectivity index is 0.00000274. The van der Waals surface area contributed by atoms with E-state index in [-0.39, 0.29) is 25.3 Å². The van der Waals surface area contributed by atoms with Crippen LogP contribution in [0.25, 0.3) is 11.1 Å². The molecule has 0 atom stereocenters. The van der Waals surface area contributed by atoms with E-state index in [2.05, 4.69) is 4.98 Å². The average Bonchev–Trinajstić information content (AvgIpc) is 3.47. The van der Waals surface area contributed by atoms with Gasteiger partial charge in [-0.05, 0) is 73.2 Å². The second-order valence-electron chi connectivity index (χ2n) is 8.69. The molecule has 1 saturated carbocycles. The van der Waals surface area contributed by atoms with E-state index in [4.69, 9.17) is 14.6 Å². The summed E-state index contributed by atoms with van der Waals surface area (Å²) in [6, 6.07) is 12.2. The van der Waals surface area contributed by atoms with Crippen LogP contribution in [0.5, 0.6) is 11.5 Å². The molecule has 2 N–H and O–H groups in total. The van der Waals surface area contributed by atoms with Crippen molar-refractivity contribution in [3.63, 3.8) is 0 Å². The second-order valence-corrected chi connectivity index (χ2v) is 10.2. The summed E-state index contributed by atoms with van der Waals surface area (Å²) in [6.45, 7) is 4.16. The normalized spacial score (nSPS) is 16.0. The Labute approximate surface area is 194 Å². The molecule has 1 aliphatic heterocycles. The van der Waals surface area contributed by atoms with Gasteiger partial charge >= 0.3 is 0 Å². The zero-order chi connectivity index (χ0) is 23.4. The fourth-order valence-corrected chi connectivity index (χ4v) is 4.93. The molecule has 2 aromatic carbocycles. The summed E-state index contributed by atoms with van der Waals surface area (Å²) in [6.07, 6.45) is 3.64. The monoisotopic (exact) mass is 466 g/mol. The number of Topliss-reactive ketones (excluding diaryl/α,β-unsaturated/α-hetero) is 1. The summed E-state index contributed by atoms with van der Waals surface area (Å²) in [7, 11) is -3.74. The molecule has 2 aliphatic rings. The summed E-state index contributed by atoms with van der Waals surface area (Å²) in [4.78, 5) is 18.0. The van der Waals surface area contributed by atoms with Crippen LogP contribution >= 0.6 is 0 Å². The predicted molar refractivity (Wildman–Crippen MR) is 125 cm³/mol. The van der Waals surface area contributed by atoms with Gasteiger partial charge in [-0.3, -0.25) is 9.78 Å². The number of fused-ring (bicyclic) bond motifs is 1. The van der Waals surface area contributed by atoms with Crippen molar-refractivity contribution in [3.05, 3.63) is 71.0 Å². The fraction of sp³-hybridized carbons (Fsp3) is 0.280. The average molecular weight is 467 g/mol. The number of hydrogen-bond acceptors (Lipinski definition) is 6. The number of rotatable bonds is 6. The Hall–Kier alpha value is -3.23. The van der Waals surface area contributed by atoms with Crippen LogP contribution in [-0.2, 0) is 26.7 Å². The topological polar surface area (TPSA) is 109 Å². The van der Waals surface area contributed by atoms with Crippen LogP contribution in [0.1, 0.15) is 36.7 Å². The maximum atomic E-state index is 13.4. The van der Waals surface area contributed by atoms with Crippen molar-refractivity contribution < 1.29 is 24.1 Å². The minimum absolute atomic E-state index is 0. The van der Waals surface area contributed by atoms with Crippen LogP contribution in [0.3, 0.4) is 0 Å². The lowest BCUT2D eigenvalue weighted by Gasteiger charge is -2.17. The predicted octanol–water partition coefficient (Wildman–Crippen LogP) is 3.83. The Kier molecular flexibility index (Phi) is 5.02. The first-order valence-electron chi connectivity index (χ1n) is 10.7. The summed E-state index contributed by atoms with van der Waals surface area (Å²) in [5, 5.41) is 5.19. The van der Waals surface area contributed by atoms with Gasteiger partial charge in [-0.15, -0.1) is 0 Å². The Morgan fingerprint density at radius 1 is 1.06 bits per heavy atom. The van der Waals surface area contributed by atoms with Gasteiger partial charge in [0.05, 0.1) is 16.0 Å². The number of primary sulfonamides is 1. The molecule has 0 bridgehead atoms. The third kappa shape index (κ3) is 3.79.